The molecule has 3 N–H and O–H groups in total. The lowest BCUT2D eigenvalue weighted by Crippen LogP contribution is -2.20. The zero-order valence-corrected chi connectivity index (χ0v) is 16.1. The van der Waals surface area contributed by atoms with E-state index in [0.717, 1.165) is 10.5 Å². The molecule has 2 amide bonds. The van der Waals surface area contributed by atoms with Crippen molar-refractivity contribution in [3.8, 4) is 5.75 Å². The minimum absolute atomic E-state index is 0.0880. The number of rotatable bonds is 8. The fourth-order valence-corrected chi connectivity index (χ4v) is 3.31. The molecule has 2 aromatic carbocycles. The Morgan fingerprint density at radius 1 is 1.19 bits per heavy atom. The van der Waals surface area contributed by atoms with Gasteiger partial charge >= 0.3 is 0 Å². The molecule has 2 rings (SSSR count). The summed E-state index contributed by atoms with van der Waals surface area (Å²) in [6.45, 7) is 6.23. The number of nitrogens with one attached hydrogen (secondary N) is 1. The number of hydrogen-bond donors (Lipinski definition) is 2. The molecule has 6 heteroatoms. The molecule has 0 heterocycles. The number of para-hydroxylation sites is 1. The second-order valence-electron chi connectivity index (χ2n) is 6.26. The lowest BCUT2D eigenvalue weighted by Gasteiger charge is -2.13. The van der Waals surface area contributed by atoms with Gasteiger partial charge in [0, 0.05) is 4.90 Å². The summed E-state index contributed by atoms with van der Waals surface area (Å²) in [5, 5.41) is 2.81. The minimum atomic E-state index is -0.403. The largest absolute Gasteiger partial charge is 0.484 e. The zero-order chi connectivity index (χ0) is 19.1. The summed E-state index contributed by atoms with van der Waals surface area (Å²) in [6, 6.07) is 13.1. The molecule has 0 saturated carbocycles. The van der Waals surface area contributed by atoms with Crippen LogP contribution >= 0.6 is 11.8 Å². The maximum Gasteiger partial charge on any atom is 0.262 e. The molecule has 26 heavy (non-hydrogen) atoms. The van der Waals surface area contributed by atoms with Crippen molar-refractivity contribution in [2.24, 2.45) is 5.73 Å². The predicted molar refractivity (Wildman–Crippen MR) is 106 cm³/mol. The Morgan fingerprint density at radius 3 is 2.58 bits per heavy atom. The molecule has 138 valence electrons. The highest BCUT2D eigenvalue weighted by Gasteiger charge is 2.10. The molecule has 0 bridgehead atoms. The Hall–Kier alpha value is -2.47. The van der Waals surface area contributed by atoms with E-state index in [2.05, 4.69) is 19.2 Å². The highest BCUT2D eigenvalue weighted by Crippen LogP contribution is 2.27. The number of amides is 2. The van der Waals surface area contributed by atoms with Crippen molar-refractivity contribution < 1.29 is 14.3 Å². The molecule has 0 aliphatic carbocycles. The van der Waals surface area contributed by atoms with Gasteiger partial charge in [-0.3, -0.25) is 9.59 Å². The van der Waals surface area contributed by atoms with E-state index < -0.39 is 5.91 Å². The van der Waals surface area contributed by atoms with Gasteiger partial charge in [-0.05, 0) is 48.2 Å². The van der Waals surface area contributed by atoms with E-state index in [9.17, 15) is 9.59 Å². The van der Waals surface area contributed by atoms with Crippen LogP contribution in [0.2, 0.25) is 0 Å². The topological polar surface area (TPSA) is 81.4 Å². The number of carbonyl (C=O) groups excluding carboxylic acids is 2. The van der Waals surface area contributed by atoms with E-state index in [1.54, 1.807) is 6.07 Å². The van der Waals surface area contributed by atoms with Gasteiger partial charge in [0.25, 0.3) is 5.91 Å². The summed E-state index contributed by atoms with van der Waals surface area (Å²) in [5.74, 6) is 0.604. The number of benzene rings is 2. The molecule has 0 aromatic heterocycles. The Labute approximate surface area is 158 Å². The first-order valence-corrected chi connectivity index (χ1v) is 9.38. The number of primary amides is 1. The van der Waals surface area contributed by atoms with Crippen molar-refractivity contribution in [3.63, 3.8) is 0 Å². The van der Waals surface area contributed by atoms with Crippen molar-refractivity contribution >= 4 is 29.3 Å². The van der Waals surface area contributed by atoms with E-state index in [0.29, 0.717) is 17.4 Å². The van der Waals surface area contributed by atoms with Gasteiger partial charge in [-0.15, -0.1) is 11.8 Å². The fraction of sp³-hybridized carbons (Fsp3) is 0.300. The van der Waals surface area contributed by atoms with Crippen LogP contribution in [0.4, 0.5) is 5.69 Å². The van der Waals surface area contributed by atoms with Crippen LogP contribution in [0.1, 0.15) is 30.9 Å². The van der Waals surface area contributed by atoms with Crippen LogP contribution in [-0.4, -0.2) is 24.2 Å². The van der Waals surface area contributed by atoms with Crippen molar-refractivity contribution in [1.82, 2.24) is 0 Å². The van der Waals surface area contributed by atoms with Crippen molar-refractivity contribution in [2.75, 3.05) is 17.7 Å². The quantitative estimate of drug-likeness (QED) is 0.692. The molecular weight excluding hydrogens is 348 g/mol. The Kier molecular flexibility index (Phi) is 7.09. The maximum absolute atomic E-state index is 12.2. The van der Waals surface area contributed by atoms with Gasteiger partial charge in [-0.25, -0.2) is 0 Å². The Morgan fingerprint density at radius 2 is 1.92 bits per heavy atom. The molecule has 2 aromatic rings. The number of carbonyl (C=O) groups is 2. The molecule has 0 atom stereocenters. The van der Waals surface area contributed by atoms with Crippen LogP contribution in [0.3, 0.4) is 0 Å². The number of anilines is 1. The van der Waals surface area contributed by atoms with Gasteiger partial charge < -0.3 is 15.8 Å². The van der Waals surface area contributed by atoms with Crippen LogP contribution in [0.5, 0.6) is 5.75 Å². The standard InChI is InChI=1S/C20H24N2O3S/c1-13(2)16-9-8-15(10-14(16)3)25-11-20(24)22-17-6-4-5-7-18(17)26-12-19(21)23/h4-10,13H,11-12H2,1-3H3,(H2,21,23)(H,22,24). The lowest BCUT2D eigenvalue weighted by atomic mass is 9.98. The van der Waals surface area contributed by atoms with E-state index in [4.69, 9.17) is 10.5 Å². The maximum atomic E-state index is 12.2. The van der Waals surface area contributed by atoms with Crippen LogP contribution in [0.25, 0.3) is 0 Å². The van der Waals surface area contributed by atoms with Crippen LogP contribution in [0, 0.1) is 6.92 Å². The molecule has 0 unspecified atom stereocenters. The highest BCUT2D eigenvalue weighted by atomic mass is 32.2. The second-order valence-corrected chi connectivity index (χ2v) is 7.28. The minimum Gasteiger partial charge on any atom is -0.484 e. The average Bonchev–Trinajstić information content (AvgIpc) is 2.59. The zero-order valence-electron chi connectivity index (χ0n) is 15.2. The smallest absolute Gasteiger partial charge is 0.262 e. The molecule has 0 radical (unpaired) electrons. The molecule has 5 nitrogen and oxygen atoms in total. The van der Waals surface area contributed by atoms with Crippen molar-refractivity contribution in [1.29, 1.82) is 0 Å². The number of hydrogen-bond acceptors (Lipinski definition) is 4. The molecule has 0 saturated heterocycles. The van der Waals surface area contributed by atoms with Gasteiger partial charge in [0.15, 0.2) is 6.61 Å². The lowest BCUT2D eigenvalue weighted by molar-refractivity contribution is -0.118. The van der Waals surface area contributed by atoms with Gasteiger partial charge in [0.2, 0.25) is 5.91 Å². The second kappa shape index (κ2) is 9.29. The van der Waals surface area contributed by atoms with Crippen LogP contribution in [0.15, 0.2) is 47.4 Å². The van der Waals surface area contributed by atoms with Crippen molar-refractivity contribution in [2.45, 2.75) is 31.6 Å². The van der Waals surface area contributed by atoms with E-state index in [-0.39, 0.29) is 18.3 Å². The summed E-state index contributed by atoms with van der Waals surface area (Å²) in [5.41, 5.74) is 8.23. The van der Waals surface area contributed by atoms with Crippen molar-refractivity contribution in [3.05, 3.63) is 53.6 Å². The Bertz CT molecular complexity index is 790. The molecular formula is C20H24N2O3S. The Balaban J connectivity index is 1.95. The number of thioether (sulfide) groups is 1. The van der Waals surface area contributed by atoms with Gasteiger partial charge in [0.05, 0.1) is 11.4 Å². The van der Waals surface area contributed by atoms with E-state index in [1.807, 2.05) is 43.3 Å². The highest BCUT2D eigenvalue weighted by molar-refractivity contribution is 8.00. The number of ether oxygens (including phenoxy) is 1. The first-order chi connectivity index (χ1) is 12.4. The van der Waals surface area contributed by atoms with E-state index in [1.165, 1.54) is 17.3 Å². The molecule has 0 spiro atoms. The van der Waals surface area contributed by atoms with Gasteiger partial charge in [-0.2, -0.15) is 0 Å². The third-order valence-electron chi connectivity index (χ3n) is 3.76. The average molecular weight is 372 g/mol. The molecule has 0 aliphatic rings. The summed E-state index contributed by atoms with van der Waals surface area (Å²) < 4.78 is 5.60. The SMILES string of the molecule is Cc1cc(OCC(=O)Nc2ccccc2SCC(N)=O)ccc1C(C)C. The van der Waals surface area contributed by atoms with E-state index >= 15 is 0 Å². The third-order valence-corrected chi connectivity index (χ3v) is 4.86. The number of aryl methyl sites for hydroxylation is 1. The summed E-state index contributed by atoms with van der Waals surface area (Å²) in [7, 11) is 0. The summed E-state index contributed by atoms with van der Waals surface area (Å²) in [4.78, 5) is 23.9. The molecule has 0 fully saturated rings. The number of nitrogens with two attached hydrogens (primary N) is 1. The van der Waals surface area contributed by atoms with Gasteiger partial charge in [0.1, 0.15) is 5.75 Å². The fourth-order valence-electron chi connectivity index (χ4n) is 2.57. The monoisotopic (exact) mass is 372 g/mol. The van der Waals surface area contributed by atoms with Crippen LogP contribution < -0.4 is 15.8 Å². The van der Waals surface area contributed by atoms with Crippen LogP contribution in [-0.2, 0) is 9.59 Å². The predicted octanol–water partition coefficient (Wildman–Crippen LogP) is 3.71. The normalized spacial score (nSPS) is 10.6. The summed E-state index contributed by atoms with van der Waals surface area (Å²) >= 11 is 1.29. The molecule has 0 aliphatic heterocycles. The third kappa shape index (κ3) is 5.81. The first-order valence-electron chi connectivity index (χ1n) is 8.40. The summed E-state index contributed by atoms with van der Waals surface area (Å²) in [6.07, 6.45) is 0. The van der Waals surface area contributed by atoms with Gasteiger partial charge in [-0.1, -0.05) is 32.0 Å². The first kappa shape index (κ1) is 19.8.